The van der Waals surface area contributed by atoms with Crippen molar-refractivity contribution in [3.63, 3.8) is 0 Å². The van der Waals surface area contributed by atoms with Gasteiger partial charge < -0.3 is 24.3 Å². The molecule has 2 aromatic carbocycles. The number of carbonyl (C=O) groups is 2. The minimum absolute atomic E-state index is 0.160. The Labute approximate surface area is 183 Å². The fraction of sp³-hybridized carbons (Fsp3) is 0.417. The van der Waals surface area contributed by atoms with E-state index >= 15 is 0 Å². The number of ether oxygens (including phenoxy) is 4. The number of alkyl carbamates (subject to hydrolysis) is 1. The molecule has 0 bridgehead atoms. The summed E-state index contributed by atoms with van der Waals surface area (Å²) in [5.41, 5.74) is 1.80. The summed E-state index contributed by atoms with van der Waals surface area (Å²) in [4.78, 5) is 23.3. The first kappa shape index (κ1) is 24.1. The molecule has 0 aliphatic rings. The maximum Gasteiger partial charge on any atom is 0.407 e. The van der Waals surface area contributed by atoms with Crippen molar-refractivity contribution in [3.8, 4) is 11.5 Å². The Kier molecular flexibility index (Phi) is 10.8. The molecular formula is C24H31NO6. The van der Waals surface area contributed by atoms with Gasteiger partial charge in [-0.1, -0.05) is 36.4 Å². The number of hydrogen-bond acceptors (Lipinski definition) is 6. The number of rotatable bonds is 13. The van der Waals surface area contributed by atoms with Crippen molar-refractivity contribution in [3.05, 3.63) is 59.7 Å². The summed E-state index contributed by atoms with van der Waals surface area (Å²) < 4.78 is 21.3. The minimum Gasteiger partial charge on any atom is -0.493 e. The minimum atomic E-state index is -0.483. The van der Waals surface area contributed by atoms with Crippen LogP contribution in [0, 0.1) is 0 Å². The van der Waals surface area contributed by atoms with Crippen LogP contribution in [0.1, 0.15) is 43.7 Å². The third kappa shape index (κ3) is 9.42. The molecule has 2 rings (SSSR count). The summed E-state index contributed by atoms with van der Waals surface area (Å²) in [6, 6.07) is 15.0. The van der Waals surface area contributed by atoms with E-state index in [-0.39, 0.29) is 12.6 Å². The average Bonchev–Trinajstić information content (AvgIpc) is 2.79. The van der Waals surface area contributed by atoms with Gasteiger partial charge >= 0.3 is 12.1 Å². The molecule has 0 aromatic heterocycles. The van der Waals surface area contributed by atoms with Crippen molar-refractivity contribution in [2.75, 3.05) is 20.3 Å². The highest BCUT2D eigenvalue weighted by atomic mass is 16.5. The normalized spacial score (nSPS) is 10.3. The zero-order valence-electron chi connectivity index (χ0n) is 18.2. The van der Waals surface area contributed by atoms with Crippen LogP contribution < -0.4 is 14.8 Å². The van der Waals surface area contributed by atoms with Crippen molar-refractivity contribution < 1.29 is 28.5 Å². The highest BCUT2D eigenvalue weighted by Crippen LogP contribution is 2.28. The molecule has 168 valence electrons. The van der Waals surface area contributed by atoms with Crippen LogP contribution in [0.3, 0.4) is 0 Å². The SMILES string of the molecule is CCOC(=O)CCCCCOc1cc(CNC(=O)OCc2ccccc2)ccc1OC. The molecular weight excluding hydrogens is 398 g/mol. The molecule has 1 N–H and O–H groups in total. The number of esters is 1. The maximum atomic E-state index is 11.9. The molecule has 7 nitrogen and oxygen atoms in total. The quantitative estimate of drug-likeness (QED) is 0.369. The standard InChI is InChI=1S/C24H31NO6/c1-3-29-23(26)12-8-5-9-15-30-22-16-20(13-14-21(22)28-2)17-25-24(27)31-18-19-10-6-4-7-11-19/h4,6-7,10-11,13-14,16H,3,5,8-9,12,15,17-18H2,1-2H3,(H,25,27). The first-order valence-electron chi connectivity index (χ1n) is 10.5. The molecule has 0 unspecified atom stereocenters. The predicted octanol–water partition coefficient (Wildman–Crippen LogP) is 4.62. The van der Waals surface area contributed by atoms with E-state index in [0.29, 0.717) is 37.7 Å². The van der Waals surface area contributed by atoms with Gasteiger partial charge in [0.2, 0.25) is 0 Å². The maximum absolute atomic E-state index is 11.9. The molecule has 0 aliphatic heterocycles. The zero-order chi connectivity index (χ0) is 22.3. The van der Waals surface area contributed by atoms with Crippen LogP contribution in [-0.2, 0) is 27.4 Å². The molecule has 0 saturated carbocycles. The van der Waals surface area contributed by atoms with E-state index in [9.17, 15) is 9.59 Å². The second-order valence-electron chi connectivity index (χ2n) is 6.86. The Hall–Kier alpha value is -3.22. The largest absolute Gasteiger partial charge is 0.493 e. The molecule has 31 heavy (non-hydrogen) atoms. The fourth-order valence-corrected chi connectivity index (χ4v) is 2.86. The molecule has 0 radical (unpaired) electrons. The van der Waals surface area contributed by atoms with Gasteiger partial charge in [0.1, 0.15) is 6.61 Å². The average molecular weight is 430 g/mol. The predicted molar refractivity (Wildman–Crippen MR) is 117 cm³/mol. The van der Waals surface area contributed by atoms with E-state index in [4.69, 9.17) is 18.9 Å². The molecule has 0 heterocycles. The van der Waals surface area contributed by atoms with Gasteiger partial charge in [-0.05, 0) is 49.4 Å². The molecule has 0 aliphatic carbocycles. The van der Waals surface area contributed by atoms with Crippen LogP contribution in [-0.4, -0.2) is 32.4 Å². The lowest BCUT2D eigenvalue weighted by Gasteiger charge is -2.13. The van der Waals surface area contributed by atoms with Crippen LogP contribution in [0.25, 0.3) is 0 Å². The van der Waals surface area contributed by atoms with Crippen LogP contribution in [0.2, 0.25) is 0 Å². The van der Waals surface area contributed by atoms with E-state index in [2.05, 4.69) is 5.32 Å². The summed E-state index contributed by atoms with van der Waals surface area (Å²) in [5.74, 6) is 1.08. The van der Waals surface area contributed by atoms with Crippen molar-refractivity contribution in [1.29, 1.82) is 0 Å². The third-order valence-electron chi connectivity index (χ3n) is 4.47. The Morgan fingerprint density at radius 2 is 1.71 bits per heavy atom. The molecule has 7 heteroatoms. The first-order valence-corrected chi connectivity index (χ1v) is 10.5. The second kappa shape index (κ2) is 13.9. The zero-order valence-corrected chi connectivity index (χ0v) is 18.2. The molecule has 0 fully saturated rings. The van der Waals surface area contributed by atoms with Crippen molar-refractivity contribution in [2.24, 2.45) is 0 Å². The van der Waals surface area contributed by atoms with Gasteiger partial charge in [0, 0.05) is 13.0 Å². The monoisotopic (exact) mass is 429 g/mol. The summed E-state index contributed by atoms with van der Waals surface area (Å²) in [5, 5.41) is 2.74. The number of methoxy groups -OCH3 is 1. The summed E-state index contributed by atoms with van der Waals surface area (Å²) in [6.07, 6.45) is 2.41. The Morgan fingerprint density at radius 3 is 2.45 bits per heavy atom. The van der Waals surface area contributed by atoms with Crippen LogP contribution in [0.5, 0.6) is 11.5 Å². The molecule has 1 amide bonds. The van der Waals surface area contributed by atoms with Gasteiger partial charge in [0.25, 0.3) is 0 Å². The highest BCUT2D eigenvalue weighted by molar-refractivity contribution is 5.69. The number of amides is 1. The number of carbonyl (C=O) groups excluding carboxylic acids is 2. The smallest absolute Gasteiger partial charge is 0.407 e. The number of benzene rings is 2. The first-order chi connectivity index (χ1) is 15.1. The van der Waals surface area contributed by atoms with Crippen LogP contribution >= 0.6 is 0 Å². The van der Waals surface area contributed by atoms with Gasteiger partial charge in [0.05, 0.1) is 20.3 Å². The molecule has 0 spiro atoms. The van der Waals surface area contributed by atoms with Crippen LogP contribution in [0.15, 0.2) is 48.5 Å². The summed E-state index contributed by atoms with van der Waals surface area (Å²) in [7, 11) is 1.58. The van der Waals surface area contributed by atoms with Gasteiger partial charge in [-0.15, -0.1) is 0 Å². The third-order valence-corrected chi connectivity index (χ3v) is 4.47. The van der Waals surface area contributed by atoms with Gasteiger partial charge in [-0.25, -0.2) is 4.79 Å². The Bertz CT molecular complexity index is 809. The number of nitrogens with one attached hydrogen (secondary N) is 1. The van der Waals surface area contributed by atoms with E-state index in [1.807, 2.05) is 48.5 Å². The lowest BCUT2D eigenvalue weighted by atomic mass is 10.2. The van der Waals surface area contributed by atoms with Crippen molar-refractivity contribution >= 4 is 12.1 Å². The Morgan fingerprint density at radius 1 is 0.903 bits per heavy atom. The molecule has 0 saturated heterocycles. The molecule has 0 atom stereocenters. The number of unbranched alkanes of at least 4 members (excludes halogenated alkanes) is 2. The lowest BCUT2D eigenvalue weighted by molar-refractivity contribution is -0.143. The second-order valence-corrected chi connectivity index (χ2v) is 6.86. The lowest BCUT2D eigenvalue weighted by Crippen LogP contribution is -2.23. The summed E-state index contributed by atoms with van der Waals surface area (Å²) >= 11 is 0. The van der Waals surface area contributed by atoms with Crippen molar-refractivity contribution in [1.82, 2.24) is 5.32 Å². The van der Waals surface area contributed by atoms with E-state index in [1.54, 1.807) is 14.0 Å². The topological polar surface area (TPSA) is 83.1 Å². The van der Waals surface area contributed by atoms with Gasteiger partial charge in [-0.2, -0.15) is 0 Å². The van der Waals surface area contributed by atoms with E-state index in [0.717, 1.165) is 30.4 Å². The number of hydrogen-bond donors (Lipinski definition) is 1. The van der Waals surface area contributed by atoms with E-state index < -0.39 is 6.09 Å². The van der Waals surface area contributed by atoms with E-state index in [1.165, 1.54) is 0 Å². The Balaban J connectivity index is 1.73. The van der Waals surface area contributed by atoms with Crippen molar-refractivity contribution in [2.45, 2.75) is 45.8 Å². The van der Waals surface area contributed by atoms with Gasteiger partial charge in [-0.3, -0.25) is 4.79 Å². The molecule has 2 aromatic rings. The highest BCUT2D eigenvalue weighted by Gasteiger charge is 2.08. The van der Waals surface area contributed by atoms with Crippen LogP contribution in [0.4, 0.5) is 4.79 Å². The fourth-order valence-electron chi connectivity index (χ4n) is 2.86. The van der Waals surface area contributed by atoms with Gasteiger partial charge in [0.15, 0.2) is 11.5 Å². The summed E-state index contributed by atoms with van der Waals surface area (Å²) in [6.45, 7) is 3.26.